The zero-order valence-corrected chi connectivity index (χ0v) is 16.8. The van der Waals surface area contributed by atoms with Crippen LogP contribution in [0.15, 0.2) is 36.5 Å². The van der Waals surface area contributed by atoms with Crippen molar-refractivity contribution in [3.05, 3.63) is 51.2 Å². The van der Waals surface area contributed by atoms with E-state index in [1.54, 1.807) is 18.3 Å². The Balaban J connectivity index is 1.64. The number of halogens is 4. The number of hydrogen-bond acceptors (Lipinski definition) is 4. The zero-order valence-electron chi connectivity index (χ0n) is 14.6. The van der Waals surface area contributed by atoms with Gasteiger partial charge in [-0.2, -0.15) is 18.4 Å². The summed E-state index contributed by atoms with van der Waals surface area (Å²) in [6, 6.07) is 8.87. The van der Waals surface area contributed by atoms with Crippen molar-refractivity contribution >= 4 is 40.0 Å². The Labute approximate surface area is 173 Å². The first kappa shape index (κ1) is 20.4. The summed E-state index contributed by atoms with van der Waals surface area (Å²) in [5, 5.41) is 11.7. The summed E-state index contributed by atoms with van der Waals surface area (Å²) in [6.07, 6.45) is -1.88. The molecule has 1 aromatic heterocycles. The van der Waals surface area contributed by atoms with Crippen LogP contribution in [0.5, 0.6) is 0 Å². The molecule has 5 nitrogen and oxygen atoms in total. The van der Waals surface area contributed by atoms with Crippen LogP contribution in [0.3, 0.4) is 0 Å². The molecule has 0 bridgehead atoms. The number of rotatable bonds is 3. The van der Waals surface area contributed by atoms with E-state index >= 15 is 0 Å². The van der Waals surface area contributed by atoms with Crippen LogP contribution in [0.1, 0.15) is 24.0 Å². The summed E-state index contributed by atoms with van der Waals surface area (Å²) in [5.74, 6) is 0.122. The largest absolute Gasteiger partial charge is 0.417 e. The fourth-order valence-electron chi connectivity index (χ4n) is 3.14. The lowest BCUT2D eigenvalue weighted by Gasteiger charge is -2.33. The number of nitrogens with zero attached hydrogens (tertiary/aromatic N) is 3. The van der Waals surface area contributed by atoms with Gasteiger partial charge >= 0.3 is 6.18 Å². The van der Waals surface area contributed by atoms with Gasteiger partial charge in [-0.15, -0.1) is 0 Å². The van der Waals surface area contributed by atoms with Gasteiger partial charge in [-0.1, -0.05) is 0 Å². The fourth-order valence-corrected chi connectivity index (χ4v) is 3.46. The maximum absolute atomic E-state index is 13.2. The van der Waals surface area contributed by atoms with Crippen LogP contribution in [0.4, 0.5) is 24.7 Å². The summed E-state index contributed by atoms with van der Waals surface area (Å²) in [5.41, 5.74) is -0.919. The van der Waals surface area contributed by atoms with Crippen LogP contribution < -0.4 is 10.2 Å². The van der Waals surface area contributed by atoms with Crippen molar-refractivity contribution in [2.24, 2.45) is 5.92 Å². The quantitative estimate of drug-likeness (QED) is 0.634. The van der Waals surface area contributed by atoms with Crippen molar-refractivity contribution in [1.82, 2.24) is 4.98 Å². The highest BCUT2D eigenvalue weighted by Gasteiger charge is 2.34. The number of nitriles is 1. The fraction of sp³-hybridized carbons (Fsp3) is 0.316. The molecular weight excluding hydrogens is 484 g/mol. The van der Waals surface area contributed by atoms with Crippen LogP contribution in [-0.2, 0) is 11.0 Å². The second-order valence-electron chi connectivity index (χ2n) is 6.45. The molecule has 2 aromatic rings. The number of hydrogen-bond donors (Lipinski definition) is 1. The number of aromatic nitrogens is 1. The van der Waals surface area contributed by atoms with Crippen molar-refractivity contribution in [3.8, 4) is 6.07 Å². The maximum atomic E-state index is 13.2. The molecule has 1 aliphatic heterocycles. The van der Waals surface area contributed by atoms with Gasteiger partial charge in [-0.05, 0) is 65.8 Å². The van der Waals surface area contributed by atoms with E-state index in [9.17, 15) is 18.0 Å². The Hall–Kier alpha value is -2.35. The third-order valence-electron chi connectivity index (χ3n) is 4.64. The molecule has 0 atom stereocenters. The highest BCUT2D eigenvalue weighted by atomic mass is 127. The van der Waals surface area contributed by atoms with E-state index in [0.29, 0.717) is 37.4 Å². The third kappa shape index (κ3) is 4.73. The molecule has 0 aliphatic carbocycles. The first-order chi connectivity index (χ1) is 13.3. The lowest BCUT2D eigenvalue weighted by Crippen LogP contribution is -2.38. The molecule has 1 saturated heterocycles. The topological polar surface area (TPSA) is 69.0 Å². The highest BCUT2D eigenvalue weighted by molar-refractivity contribution is 14.1. The molecule has 3 rings (SSSR count). The molecule has 0 unspecified atom stereocenters. The van der Waals surface area contributed by atoms with Crippen LogP contribution in [0.2, 0.25) is 0 Å². The molecule has 1 fully saturated rings. The molecule has 28 heavy (non-hydrogen) atoms. The monoisotopic (exact) mass is 500 g/mol. The Kier molecular flexibility index (Phi) is 6.07. The van der Waals surface area contributed by atoms with Gasteiger partial charge in [-0.25, -0.2) is 4.98 Å². The summed E-state index contributed by atoms with van der Waals surface area (Å²) in [7, 11) is 0. The first-order valence-corrected chi connectivity index (χ1v) is 9.64. The van der Waals surface area contributed by atoms with Crippen molar-refractivity contribution in [1.29, 1.82) is 5.26 Å². The molecule has 0 radical (unpaired) electrons. The molecular formula is C19H16F3IN4O. The summed E-state index contributed by atoms with van der Waals surface area (Å²) in [6.45, 7) is 0.919. The smallest absolute Gasteiger partial charge is 0.371 e. The summed E-state index contributed by atoms with van der Waals surface area (Å²) in [4.78, 5) is 18.4. The Morgan fingerprint density at radius 2 is 1.96 bits per heavy atom. The van der Waals surface area contributed by atoms with Gasteiger partial charge in [-0.3, -0.25) is 4.79 Å². The number of anilines is 2. The summed E-state index contributed by atoms with van der Waals surface area (Å²) < 4.78 is 40.4. The molecule has 9 heteroatoms. The van der Waals surface area contributed by atoms with Crippen molar-refractivity contribution in [2.45, 2.75) is 19.0 Å². The SMILES string of the molecule is N#Cc1ccc(N2CCC(C(=O)Nc3ccc(I)cn3)CC2)cc1C(F)(F)F. The minimum atomic E-state index is -4.58. The molecule has 0 saturated carbocycles. The lowest BCUT2D eigenvalue weighted by atomic mass is 9.95. The molecule has 2 heterocycles. The van der Waals surface area contributed by atoms with Gasteiger partial charge in [0.05, 0.1) is 17.2 Å². The predicted molar refractivity (Wildman–Crippen MR) is 107 cm³/mol. The summed E-state index contributed by atoms with van der Waals surface area (Å²) >= 11 is 2.12. The van der Waals surface area contributed by atoms with Crippen LogP contribution in [-0.4, -0.2) is 24.0 Å². The van der Waals surface area contributed by atoms with Crippen LogP contribution >= 0.6 is 22.6 Å². The van der Waals surface area contributed by atoms with E-state index in [4.69, 9.17) is 5.26 Å². The first-order valence-electron chi connectivity index (χ1n) is 8.56. The van der Waals surface area contributed by atoms with E-state index in [2.05, 4.69) is 32.9 Å². The van der Waals surface area contributed by atoms with Crippen molar-refractivity contribution in [2.75, 3.05) is 23.3 Å². The van der Waals surface area contributed by atoms with Crippen molar-refractivity contribution in [3.63, 3.8) is 0 Å². The Morgan fingerprint density at radius 1 is 1.25 bits per heavy atom. The van der Waals surface area contributed by atoms with Crippen LogP contribution in [0, 0.1) is 20.8 Å². The van der Waals surface area contributed by atoms with Crippen LogP contribution in [0.25, 0.3) is 0 Å². The second-order valence-corrected chi connectivity index (χ2v) is 7.70. The normalized spacial score (nSPS) is 15.2. The minimum Gasteiger partial charge on any atom is -0.371 e. The van der Waals surface area contributed by atoms with E-state index in [0.717, 1.165) is 9.64 Å². The van der Waals surface area contributed by atoms with E-state index < -0.39 is 17.3 Å². The Bertz CT molecular complexity index is 901. The van der Waals surface area contributed by atoms with Gasteiger partial charge in [0.15, 0.2) is 0 Å². The average Bonchev–Trinajstić information content (AvgIpc) is 2.68. The van der Waals surface area contributed by atoms with E-state index in [-0.39, 0.29) is 11.8 Å². The molecule has 1 aromatic carbocycles. The van der Waals surface area contributed by atoms with E-state index in [1.807, 2.05) is 11.0 Å². The van der Waals surface area contributed by atoms with E-state index in [1.165, 1.54) is 12.1 Å². The van der Waals surface area contributed by atoms with Gasteiger partial charge < -0.3 is 10.2 Å². The number of carbonyl (C=O) groups excluding carboxylic acids is 1. The zero-order chi connectivity index (χ0) is 20.3. The van der Waals surface area contributed by atoms with Gasteiger partial charge in [0.2, 0.25) is 5.91 Å². The molecule has 1 N–H and O–H groups in total. The number of pyridine rings is 1. The predicted octanol–water partition coefficient (Wildman–Crippen LogP) is 4.43. The standard InChI is InChI=1S/C19H16F3IN4O/c20-19(21,22)16-9-15(3-1-13(16)10-24)27-7-5-12(6-8-27)18(28)26-17-4-2-14(23)11-25-17/h1-4,9,11-12H,5-8H2,(H,25,26,28). The number of alkyl halides is 3. The highest BCUT2D eigenvalue weighted by Crippen LogP contribution is 2.35. The number of benzene rings is 1. The lowest BCUT2D eigenvalue weighted by molar-refractivity contribution is -0.137. The molecule has 146 valence electrons. The number of piperidine rings is 1. The van der Waals surface area contributed by atoms with Gasteiger partial charge in [0, 0.05) is 34.5 Å². The third-order valence-corrected chi connectivity index (χ3v) is 5.28. The minimum absolute atomic E-state index is 0.135. The molecule has 1 amide bonds. The number of carbonyl (C=O) groups is 1. The number of amides is 1. The Morgan fingerprint density at radius 3 is 2.54 bits per heavy atom. The maximum Gasteiger partial charge on any atom is 0.417 e. The molecule has 1 aliphatic rings. The van der Waals surface area contributed by atoms with Gasteiger partial charge in [0.1, 0.15) is 5.82 Å². The number of nitrogens with one attached hydrogen (secondary N) is 1. The average molecular weight is 500 g/mol. The molecule has 0 spiro atoms. The van der Waals surface area contributed by atoms with Gasteiger partial charge in [0.25, 0.3) is 0 Å². The van der Waals surface area contributed by atoms with Crippen molar-refractivity contribution < 1.29 is 18.0 Å². The second kappa shape index (κ2) is 8.34.